The molecule has 1 unspecified atom stereocenters. The molecule has 60 heavy (non-hydrogen) atoms. The van der Waals surface area contributed by atoms with Gasteiger partial charge in [0.2, 0.25) is 11.8 Å². The highest BCUT2D eigenvalue weighted by molar-refractivity contribution is 6.40. The number of anilines is 3. The highest BCUT2D eigenvalue weighted by atomic mass is 16.6. The van der Waals surface area contributed by atoms with E-state index in [1.807, 2.05) is 66.7 Å². The summed E-state index contributed by atoms with van der Waals surface area (Å²) in [7, 11) is 0. The quantitative estimate of drug-likeness (QED) is 0.0605. The van der Waals surface area contributed by atoms with Gasteiger partial charge in [-0.25, -0.2) is 9.59 Å². The van der Waals surface area contributed by atoms with Crippen LogP contribution in [0.15, 0.2) is 103 Å². The van der Waals surface area contributed by atoms with Gasteiger partial charge in [0.05, 0.1) is 22.6 Å². The molecule has 316 valence electrons. The fourth-order valence-electron chi connectivity index (χ4n) is 7.06. The van der Waals surface area contributed by atoms with Gasteiger partial charge in [-0.1, -0.05) is 78.9 Å². The minimum Gasteiger partial charge on any atom is -0.481 e. The molecule has 1 aliphatic heterocycles. The number of esters is 2. The van der Waals surface area contributed by atoms with Crippen LogP contribution in [0.25, 0.3) is 0 Å². The van der Waals surface area contributed by atoms with Gasteiger partial charge >= 0.3 is 23.8 Å². The fourth-order valence-corrected chi connectivity index (χ4v) is 7.06. The number of nitrogens with zero attached hydrogens (tertiary/aromatic N) is 2. The zero-order valence-corrected chi connectivity index (χ0v) is 34.6. The van der Waals surface area contributed by atoms with Crippen molar-refractivity contribution in [2.24, 2.45) is 0 Å². The summed E-state index contributed by atoms with van der Waals surface area (Å²) in [6.45, 7) is 7.81. The van der Waals surface area contributed by atoms with E-state index in [2.05, 4.69) is 15.5 Å². The Bertz CT molecular complexity index is 2090. The molecule has 1 aliphatic rings. The van der Waals surface area contributed by atoms with Crippen LogP contribution >= 0.6 is 0 Å². The van der Waals surface area contributed by atoms with Crippen molar-refractivity contribution >= 4 is 52.7 Å². The predicted octanol–water partition coefficient (Wildman–Crippen LogP) is 7.05. The number of piperidine rings is 1. The van der Waals surface area contributed by atoms with Gasteiger partial charge in [0.1, 0.15) is 11.6 Å². The Hall–Kier alpha value is -6.50. The fraction of sp³-hybridized carbons (Fsp3) is 0.362. The Balaban J connectivity index is 1.58. The third kappa shape index (κ3) is 12.5. The number of nitrogens with one attached hydrogen (secondary N) is 2. The summed E-state index contributed by atoms with van der Waals surface area (Å²) in [4.78, 5) is 82.7. The van der Waals surface area contributed by atoms with Crippen molar-refractivity contribution in [2.45, 2.75) is 90.4 Å². The normalized spacial score (nSPS) is 13.2. The SMILES string of the molecule is CC(=O)NC(Cc1ccc(N(C(=O)C(=O)OC(C)(C)C)c2ccccc2C(=O)OC(c2ccccc2)c2ccccc2)c(N2CCCCC2)c1)C(=O)NCCCCC(=O)O. The van der Waals surface area contributed by atoms with Crippen LogP contribution in [0.5, 0.6) is 0 Å². The number of ether oxygens (including phenoxy) is 2. The molecule has 3 amide bonds. The second-order valence-electron chi connectivity index (χ2n) is 15.7. The molecule has 3 N–H and O–H groups in total. The smallest absolute Gasteiger partial charge is 0.398 e. The first-order valence-corrected chi connectivity index (χ1v) is 20.3. The van der Waals surface area contributed by atoms with Crippen molar-refractivity contribution in [3.05, 3.63) is 125 Å². The average Bonchev–Trinajstić information content (AvgIpc) is 3.23. The van der Waals surface area contributed by atoms with E-state index in [1.165, 1.54) is 11.8 Å². The van der Waals surface area contributed by atoms with Crippen LogP contribution in [0.3, 0.4) is 0 Å². The predicted molar refractivity (Wildman–Crippen MR) is 228 cm³/mol. The summed E-state index contributed by atoms with van der Waals surface area (Å²) in [6, 6.07) is 29.4. The van der Waals surface area contributed by atoms with Crippen molar-refractivity contribution < 1.29 is 43.3 Å². The van der Waals surface area contributed by atoms with Gasteiger partial charge in [0, 0.05) is 39.4 Å². The number of rotatable bonds is 16. The minimum atomic E-state index is -1.13. The van der Waals surface area contributed by atoms with Crippen molar-refractivity contribution in [3.8, 4) is 0 Å². The molecule has 0 aromatic heterocycles. The highest BCUT2D eigenvalue weighted by Gasteiger charge is 2.35. The third-order valence-electron chi connectivity index (χ3n) is 9.80. The topological polar surface area (TPSA) is 172 Å². The number of carbonyl (C=O) groups excluding carboxylic acids is 5. The lowest BCUT2D eigenvalue weighted by Gasteiger charge is -2.35. The molecule has 0 aliphatic carbocycles. The summed E-state index contributed by atoms with van der Waals surface area (Å²) in [5.74, 6) is -4.64. The minimum absolute atomic E-state index is 0.0162. The first-order chi connectivity index (χ1) is 28.7. The van der Waals surface area contributed by atoms with Gasteiger partial charge in [-0.2, -0.15) is 0 Å². The summed E-state index contributed by atoms with van der Waals surface area (Å²) in [6.07, 6.45) is 2.86. The summed E-state index contributed by atoms with van der Waals surface area (Å²) in [5.41, 5.74) is 2.14. The molecular formula is C47H54N4O9. The molecular weight excluding hydrogens is 765 g/mol. The van der Waals surface area contributed by atoms with Crippen molar-refractivity contribution in [1.82, 2.24) is 10.6 Å². The largest absolute Gasteiger partial charge is 0.481 e. The van der Waals surface area contributed by atoms with Gasteiger partial charge in [0.15, 0.2) is 6.10 Å². The van der Waals surface area contributed by atoms with E-state index < -0.39 is 53.4 Å². The number of carboxylic acids is 1. The Morgan fingerprint density at radius 2 is 1.40 bits per heavy atom. The van der Waals surface area contributed by atoms with E-state index >= 15 is 0 Å². The summed E-state index contributed by atoms with van der Waals surface area (Å²) < 4.78 is 11.9. The van der Waals surface area contributed by atoms with Crippen molar-refractivity contribution in [2.75, 3.05) is 29.4 Å². The van der Waals surface area contributed by atoms with E-state index in [0.29, 0.717) is 42.9 Å². The standard InChI is InChI=1S/C47H54N4O9/c1-32(52)49-37(43(55)48-27-15-14-24-41(53)54)30-33-25-26-39(40(31-33)50-28-16-7-17-29-50)51(44(56)46(58)60-47(2,3)4)38-23-13-12-22-36(38)45(57)59-42(34-18-8-5-9-19-34)35-20-10-6-11-21-35/h5-6,8-13,18-23,25-26,31,37,42H,7,14-17,24,27-30H2,1-4H3,(H,48,55)(H,49,52)(H,53,54). The molecule has 4 aromatic rings. The number of aliphatic carboxylic acids is 1. The molecule has 5 rings (SSSR count). The van der Waals surface area contributed by atoms with Crippen molar-refractivity contribution in [1.29, 1.82) is 0 Å². The third-order valence-corrected chi connectivity index (χ3v) is 9.80. The van der Waals surface area contributed by atoms with E-state index in [0.717, 1.165) is 30.4 Å². The first kappa shape index (κ1) is 44.6. The highest BCUT2D eigenvalue weighted by Crippen LogP contribution is 2.40. The van der Waals surface area contributed by atoms with E-state index in [9.17, 15) is 28.8 Å². The molecule has 1 fully saturated rings. The number of carbonyl (C=O) groups is 6. The Morgan fingerprint density at radius 1 is 0.783 bits per heavy atom. The lowest BCUT2D eigenvalue weighted by atomic mass is 10.0. The second kappa shape index (κ2) is 21.0. The van der Waals surface area contributed by atoms with E-state index in [1.54, 1.807) is 57.2 Å². The molecule has 1 saturated heterocycles. The van der Waals surface area contributed by atoms with Gasteiger partial charge in [-0.3, -0.25) is 24.1 Å². The van der Waals surface area contributed by atoms with Gasteiger partial charge in [0.25, 0.3) is 0 Å². The zero-order valence-electron chi connectivity index (χ0n) is 34.6. The van der Waals surface area contributed by atoms with Gasteiger partial charge < -0.3 is 30.1 Å². The molecule has 4 aromatic carbocycles. The maximum Gasteiger partial charge on any atom is 0.398 e. The lowest BCUT2D eigenvalue weighted by molar-refractivity contribution is -0.162. The van der Waals surface area contributed by atoms with Gasteiger partial charge in [-0.15, -0.1) is 0 Å². The summed E-state index contributed by atoms with van der Waals surface area (Å²) in [5, 5.41) is 14.5. The Kier molecular flexibility index (Phi) is 15.6. The Labute approximate surface area is 351 Å². The van der Waals surface area contributed by atoms with Gasteiger partial charge in [-0.05, 0) is 93.8 Å². The number of unbranched alkanes of at least 4 members (excludes halogenated alkanes) is 1. The molecule has 0 spiro atoms. The van der Waals surface area contributed by atoms with Crippen molar-refractivity contribution in [3.63, 3.8) is 0 Å². The number of benzene rings is 4. The molecule has 0 bridgehead atoms. The molecule has 0 radical (unpaired) electrons. The number of hydrogen-bond acceptors (Lipinski definition) is 9. The zero-order chi connectivity index (χ0) is 43.2. The Morgan fingerprint density at radius 3 is 2.00 bits per heavy atom. The van der Waals surface area contributed by atoms with Crippen LogP contribution in [0.1, 0.15) is 99.4 Å². The molecule has 0 saturated carbocycles. The van der Waals surface area contributed by atoms with Crippen LogP contribution < -0.4 is 20.4 Å². The van der Waals surface area contributed by atoms with Crippen LogP contribution in [0.4, 0.5) is 17.1 Å². The number of amides is 3. The van der Waals surface area contributed by atoms with E-state index in [4.69, 9.17) is 14.6 Å². The first-order valence-electron chi connectivity index (χ1n) is 20.3. The summed E-state index contributed by atoms with van der Waals surface area (Å²) >= 11 is 0. The monoisotopic (exact) mass is 818 g/mol. The van der Waals surface area contributed by atoms with E-state index in [-0.39, 0.29) is 30.6 Å². The lowest BCUT2D eigenvalue weighted by Crippen LogP contribution is -2.47. The number of para-hydroxylation sites is 1. The molecule has 1 heterocycles. The van der Waals surface area contributed by atoms with Crippen LogP contribution in [0.2, 0.25) is 0 Å². The maximum atomic E-state index is 14.6. The van der Waals surface area contributed by atoms with Crippen LogP contribution in [-0.2, 0) is 39.9 Å². The average molecular weight is 819 g/mol. The molecule has 1 atom stereocenters. The number of carboxylic acid groups (broad SMARTS) is 1. The maximum absolute atomic E-state index is 14.6. The molecule has 13 heteroatoms. The molecule has 13 nitrogen and oxygen atoms in total. The number of hydrogen-bond donors (Lipinski definition) is 3. The van der Waals surface area contributed by atoms with Crippen LogP contribution in [-0.4, -0.2) is 72.0 Å². The second-order valence-corrected chi connectivity index (χ2v) is 15.7. The van der Waals surface area contributed by atoms with Crippen LogP contribution in [0, 0.1) is 0 Å².